The lowest BCUT2D eigenvalue weighted by Crippen LogP contribution is -1.93. The summed E-state index contributed by atoms with van der Waals surface area (Å²) in [5.41, 5.74) is 10.1. The van der Waals surface area contributed by atoms with Gasteiger partial charge < -0.3 is 0 Å². The molecular weight excluding hydrogens is 713 g/mol. The Morgan fingerprint density at radius 1 is 0.250 bits per heavy atom. The van der Waals surface area contributed by atoms with E-state index in [2.05, 4.69) is 194 Å². The average Bonchev–Trinajstić information content (AvgIpc) is 3.84. The minimum atomic E-state index is 1.22. The quantitative estimate of drug-likeness (QED) is 0.157. The van der Waals surface area contributed by atoms with E-state index in [1.54, 1.807) is 0 Å². The molecule has 0 nitrogen and oxygen atoms in total. The van der Waals surface area contributed by atoms with Crippen molar-refractivity contribution in [1.29, 1.82) is 0 Å². The van der Waals surface area contributed by atoms with Crippen molar-refractivity contribution in [1.82, 2.24) is 0 Å². The van der Waals surface area contributed by atoms with E-state index in [0.29, 0.717) is 0 Å². The van der Waals surface area contributed by atoms with Gasteiger partial charge >= 0.3 is 0 Å². The maximum atomic E-state index is 2.50. The Bertz CT molecular complexity index is 3360. The van der Waals surface area contributed by atoms with Crippen LogP contribution >= 0.6 is 22.7 Å². The van der Waals surface area contributed by atoms with Gasteiger partial charge in [0.25, 0.3) is 0 Å². The molecule has 12 rings (SSSR count). The van der Waals surface area contributed by atoms with Gasteiger partial charge in [0.1, 0.15) is 0 Å². The standard InChI is InChI=1S/C54H32S2/c1-2-14-33(15-3-1)35-30-34-16-4-5-17-36(34)47(31-35)52-41-22-10-20-37(39-24-12-28-50-53(39)43-18-6-8-26-48(43)55-50)45(41)32-46-38(21-11-23-42(46)52)40-25-13-29-51-54(40)44-19-7-9-27-49(44)56-51/h1-32H. The van der Waals surface area contributed by atoms with E-state index < -0.39 is 0 Å². The lowest BCUT2D eigenvalue weighted by Gasteiger charge is -2.20. The molecule has 0 aliphatic carbocycles. The number of hydrogen-bond donors (Lipinski definition) is 0. The number of rotatable bonds is 4. The number of hydrogen-bond acceptors (Lipinski definition) is 2. The minimum Gasteiger partial charge on any atom is -0.135 e. The Labute approximate surface area is 332 Å². The Balaban J connectivity index is 1.26. The third-order valence-corrected chi connectivity index (χ3v) is 13.9. The molecule has 0 amide bonds. The van der Waals surface area contributed by atoms with Crippen LogP contribution in [0.1, 0.15) is 0 Å². The molecule has 0 saturated carbocycles. The summed E-state index contributed by atoms with van der Waals surface area (Å²) in [5.74, 6) is 0. The summed E-state index contributed by atoms with van der Waals surface area (Å²) in [6, 6.07) is 72.4. The first-order valence-corrected chi connectivity index (χ1v) is 20.8. The van der Waals surface area contributed by atoms with Crippen molar-refractivity contribution in [3.63, 3.8) is 0 Å². The zero-order valence-electron chi connectivity index (χ0n) is 30.3. The molecule has 0 spiro atoms. The molecular formula is C54H32S2. The Kier molecular flexibility index (Phi) is 7.07. The fourth-order valence-electron chi connectivity index (χ4n) is 9.24. The smallest absolute Gasteiger partial charge is 0.0361 e. The van der Waals surface area contributed by atoms with E-state index in [9.17, 15) is 0 Å². The molecule has 0 unspecified atom stereocenters. The normalized spacial score (nSPS) is 11.9. The highest BCUT2D eigenvalue weighted by molar-refractivity contribution is 7.26. The summed E-state index contributed by atoms with van der Waals surface area (Å²) in [5, 5.41) is 12.9. The zero-order chi connectivity index (χ0) is 36.7. The maximum Gasteiger partial charge on any atom is 0.0361 e. The molecule has 0 fully saturated rings. The maximum absolute atomic E-state index is 2.50. The van der Waals surface area contributed by atoms with Crippen molar-refractivity contribution in [2.24, 2.45) is 0 Å². The first kappa shape index (κ1) is 31.7. The lowest BCUT2D eigenvalue weighted by molar-refractivity contribution is 1.63. The van der Waals surface area contributed by atoms with Crippen molar-refractivity contribution in [3.8, 4) is 44.5 Å². The summed E-state index contributed by atoms with van der Waals surface area (Å²) in [7, 11) is 0. The predicted molar refractivity (Wildman–Crippen MR) is 246 cm³/mol. The van der Waals surface area contributed by atoms with Crippen molar-refractivity contribution in [2.45, 2.75) is 0 Å². The van der Waals surface area contributed by atoms with E-state index >= 15 is 0 Å². The second-order valence-electron chi connectivity index (χ2n) is 14.7. The molecule has 10 aromatic carbocycles. The number of thiophene rings is 2. The van der Waals surface area contributed by atoms with Gasteiger partial charge in [0.2, 0.25) is 0 Å². The van der Waals surface area contributed by atoms with Crippen LogP contribution in [0.3, 0.4) is 0 Å². The molecule has 0 radical (unpaired) electrons. The summed E-state index contributed by atoms with van der Waals surface area (Å²) >= 11 is 3.77. The van der Waals surface area contributed by atoms with Gasteiger partial charge in [-0.25, -0.2) is 0 Å². The highest BCUT2D eigenvalue weighted by Crippen LogP contribution is 2.49. The highest BCUT2D eigenvalue weighted by Gasteiger charge is 2.21. The van der Waals surface area contributed by atoms with E-state index in [-0.39, 0.29) is 0 Å². The van der Waals surface area contributed by atoms with Gasteiger partial charge in [0.05, 0.1) is 0 Å². The molecule has 0 saturated heterocycles. The second kappa shape index (κ2) is 12.5. The summed E-state index contributed by atoms with van der Waals surface area (Å²) in [6.07, 6.45) is 0. The third-order valence-electron chi connectivity index (χ3n) is 11.7. The monoisotopic (exact) mass is 744 g/mol. The molecule has 0 aliphatic rings. The Morgan fingerprint density at radius 3 is 1.32 bits per heavy atom. The van der Waals surface area contributed by atoms with Crippen LogP contribution in [0.15, 0.2) is 194 Å². The van der Waals surface area contributed by atoms with Crippen molar-refractivity contribution in [3.05, 3.63) is 194 Å². The second-order valence-corrected chi connectivity index (χ2v) is 16.9. The molecule has 0 N–H and O–H groups in total. The van der Waals surface area contributed by atoms with Crippen LogP contribution in [0.5, 0.6) is 0 Å². The van der Waals surface area contributed by atoms with Gasteiger partial charge in [-0.05, 0) is 119 Å². The highest BCUT2D eigenvalue weighted by atomic mass is 32.1. The fraction of sp³-hybridized carbons (Fsp3) is 0. The minimum absolute atomic E-state index is 1.22. The van der Waals surface area contributed by atoms with Gasteiger partial charge in [0, 0.05) is 40.3 Å². The molecule has 2 aromatic heterocycles. The van der Waals surface area contributed by atoms with Crippen LogP contribution < -0.4 is 0 Å². The third kappa shape index (κ3) is 4.77. The van der Waals surface area contributed by atoms with E-state index in [1.807, 2.05) is 22.7 Å². The average molecular weight is 745 g/mol. The molecule has 0 bridgehead atoms. The van der Waals surface area contributed by atoms with E-state index in [0.717, 1.165) is 0 Å². The van der Waals surface area contributed by atoms with Crippen LogP contribution in [0.4, 0.5) is 0 Å². The Hall–Kier alpha value is -6.58. The number of benzene rings is 10. The molecule has 0 aliphatic heterocycles. The summed E-state index contributed by atoms with van der Waals surface area (Å²) in [6.45, 7) is 0. The van der Waals surface area contributed by atoms with Gasteiger partial charge in [-0.1, -0.05) is 152 Å². The van der Waals surface area contributed by atoms with Crippen LogP contribution in [0.25, 0.3) is 117 Å². The summed E-state index contributed by atoms with van der Waals surface area (Å²) < 4.78 is 5.28. The topological polar surface area (TPSA) is 0 Å². The fourth-order valence-corrected chi connectivity index (χ4v) is 11.5. The van der Waals surface area contributed by atoms with E-state index in [1.165, 1.54) is 117 Å². The van der Waals surface area contributed by atoms with Crippen LogP contribution in [-0.2, 0) is 0 Å². The number of fused-ring (bicyclic) bond motifs is 9. The zero-order valence-corrected chi connectivity index (χ0v) is 31.9. The van der Waals surface area contributed by atoms with Crippen molar-refractivity contribution >= 4 is 95.3 Å². The van der Waals surface area contributed by atoms with Crippen molar-refractivity contribution < 1.29 is 0 Å². The van der Waals surface area contributed by atoms with Crippen molar-refractivity contribution in [2.75, 3.05) is 0 Å². The molecule has 0 atom stereocenters. The van der Waals surface area contributed by atoms with E-state index in [4.69, 9.17) is 0 Å². The Morgan fingerprint density at radius 2 is 0.714 bits per heavy atom. The van der Waals surface area contributed by atoms with Gasteiger partial charge in [-0.3, -0.25) is 0 Å². The predicted octanol–water partition coefficient (Wildman–Crippen LogP) is 16.5. The van der Waals surface area contributed by atoms with Gasteiger partial charge in [-0.2, -0.15) is 0 Å². The molecule has 12 aromatic rings. The summed E-state index contributed by atoms with van der Waals surface area (Å²) in [4.78, 5) is 0. The van der Waals surface area contributed by atoms with Crippen LogP contribution in [0.2, 0.25) is 0 Å². The largest absolute Gasteiger partial charge is 0.135 e. The first-order valence-electron chi connectivity index (χ1n) is 19.2. The molecule has 260 valence electrons. The van der Waals surface area contributed by atoms with Crippen LogP contribution in [0, 0.1) is 0 Å². The van der Waals surface area contributed by atoms with Gasteiger partial charge in [-0.15, -0.1) is 22.7 Å². The molecule has 56 heavy (non-hydrogen) atoms. The van der Waals surface area contributed by atoms with Gasteiger partial charge in [0.15, 0.2) is 0 Å². The lowest BCUT2D eigenvalue weighted by atomic mass is 9.83. The molecule has 2 heterocycles. The van der Waals surface area contributed by atoms with Crippen LogP contribution in [-0.4, -0.2) is 0 Å². The molecule has 2 heteroatoms. The SMILES string of the molecule is c1ccc(-c2cc(-c3c4cccc(-c5cccc6sc7ccccc7c56)c4cc4c(-c5cccc6sc7ccccc7c56)cccc34)c3ccccc3c2)cc1. The first-order chi connectivity index (χ1) is 27.8.